The predicted octanol–water partition coefficient (Wildman–Crippen LogP) is 5.45. The molecule has 0 spiro atoms. The molecular formula is C30H20Cl2FN3O6. The van der Waals surface area contributed by atoms with E-state index in [1.807, 2.05) is 0 Å². The van der Waals surface area contributed by atoms with Crippen LogP contribution in [0.2, 0.25) is 10.0 Å². The van der Waals surface area contributed by atoms with Gasteiger partial charge in [-0.1, -0.05) is 23.2 Å². The van der Waals surface area contributed by atoms with Gasteiger partial charge in [-0.25, -0.2) is 19.4 Å². The van der Waals surface area contributed by atoms with Crippen LogP contribution in [0.15, 0.2) is 96.1 Å². The number of esters is 2. The van der Waals surface area contributed by atoms with Crippen molar-refractivity contribution in [1.29, 1.82) is 0 Å². The zero-order chi connectivity index (χ0) is 30.1. The molecule has 0 aliphatic carbocycles. The van der Waals surface area contributed by atoms with E-state index in [4.69, 9.17) is 32.7 Å². The molecule has 0 fully saturated rings. The summed E-state index contributed by atoms with van der Waals surface area (Å²) < 4.78 is 24.0. The van der Waals surface area contributed by atoms with Crippen molar-refractivity contribution in [2.24, 2.45) is 5.10 Å². The molecule has 0 aliphatic rings. The Bertz CT molecular complexity index is 1640. The lowest BCUT2D eigenvalue weighted by Crippen LogP contribution is -2.34. The first-order valence-corrected chi connectivity index (χ1v) is 12.9. The summed E-state index contributed by atoms with van der Waals surface area (Å²) in [6.45, 7) is -0.411. The fraction of sp³-hybridized carbons (Fsp3) is 0.0333. The van der Waals surface area contributed by atoms with E-state index in [0.29, 0.717) is 10.0 Å². The molecule has 0 aliphatic heterocycles. The number of amides is 2. The average Bonchev–Trinajstić information content (AvgIpc) is 2.98. The molecule has 0 bridgehead atoms. The molecular weight excluding hydrogens is 588 g/mol. The van der Waals surface area contributed by atoms with Gasteiger partial charge in [0, 0.05) is 27.2 Å². The van der Waals surface area contributed by atoms with Crippen molar-refractivity contribution in [2.45, 2.75) is 0 Å². The maximum absolute atomic E-state index is 13.0. The van der Waals surface area contributed by atoms with Gasteiger partial charge in [0.15, 0.2) is 0 Å². The van der Waals surface area contributed by atoms with Crippen molar-refractivity contribution in [1.82, 2.24) is 10.7 Å². The van der Waals surface area contributed by atoms with Gasteiger partial charge in [-0.3, -0.25) is 9.59 Å². The molecule has 0 unspecified atom stereocenters. The number of nitrogens with zero attached hydrogens (tertiary/aromatic N) is 1. The number of carbonyl (C=O) groups excluding carboxylic acids is 4. The minimum Gasteiger partial charge on any atom is -0.423 e. The van der Waals surface area contributed by atoms with Gasteiger partial charge >= 0.3 is 11.9 Å². The first kappa shape index (κ1) is 29.9. The summed E-state index contributed by atoms with van der Waals surface area (Å²) in [6.07, 6.45) is 1.20. The summed E-state index contributed by atoms with van der Waals surface area (Å²) in [5.74, 6) is -3.08. The van der Waals surface area contributed by atoms with E-state index in [2.05, 4.69) is 15.8 Å². The minimum atomic E-state index is -0.727. The summed E-state index contributed by atoms with van der Waals surface area (Å²) in [5, 5.41) is 7.12. The second-order valence-corrected chi connectivity index (χ2v) is 9.35. The maximum atomic E-state index is 13.0. The molecule has 9 nitrogen and oxygen atoms in total. The first-order chi connectivity index (χ1) is 20.2. The van der Waals surface area contributed by atoms with Gasteiger partial charge in [0.2, 0.25) is 0 Å². The zero-order valence-electron chi connectivity index (χ0n) is 21.5. The lowest BCUT2D eigenvalue weighted by Gasteiger charge is -2.11. The number of nitrogens with one attached hydrogen (secondary N) is 2. The molecule has 2 N–H and O–H groups in total. The lowest BCUT2D eigenvalue weighted by molar-refractivity contribution is -0.120. The smallest absolute Gasteiger partial charge is 0.343 e. The quantitative estimate of drug-likeness (QED) is 0.113. The van der Waals surface area contributed by atoms with Crippen LogP contribution in [0.3, 0.4) is 0 Å². The van der Waals surface area contributed by atoms with Gasteiger partial charge in [0.1, 0.15) is 17.3 Å². The van der Waals surface area contributed by atoms with Gasteiger partial charge in [-0.2, -0.15) is 5.10 Å². The largest absolute Gasteiger partial charge is 0.423 e. The third-order valence-electron chi connectivity index (χ3n) is 5.47. The fourth-order valence-corrected chi connectivity index (χ4v) is 3.60. The molecule has 212 valence electrons. The van der Waals surface area contributed by atoms with Crippen molar-refractivity contribution in [3.8, 4) is 11.5 Å². The Balaban J connectivity index is 1.46. The molecule has 0 heterocycles. The Morgan fingerprint density at radius 1 is 0.738 bits per heavy atom. The summed E-state index contributed by atoms with van der Waals surface area (Å²) in [6, 6.07) is 21.1. The highest BCUT2D eigenvalue weighted by Crippen LogP contribution is 2.26. The monoisotopic (exact) mass is 607 g/mol. The number of carbonyl (C=O) groups is 4. The summed E-state index contributed by atoms with van der Waals surface area (Å²) in [4.78, 5) is 49.6. The van der Waals surface area contributed by atoms with E-state index in [9.17, 15) is 23.6 Å². The van der Waals surface area contributed by atoms with Crippen LogP contribution in [0, 0.1) is 5.82 Å². The second kappa shape index (κ2) is 14.0. The van der Waals surface area contributed by atoms with Crippen LogP contribution < -0.4 is 20.2 Å². The topological polar surface area (TPSA) is 123 Å². The SMILES string of the molecule is O=C(CNC(=O)c1ccc(F)cc1)N/N=C\c1ccc(OC(=O)c2ccc(Cl)cc2)cc1OC(=O)c1ccc(Cl)cc1. The molecule has 12 heteroatoms. The molecule has 0 atom stereocenters. The molecule has 0 radical (unpaired) electrons. The highest BCUT2D eigenvalue weighted by molar-refractivity contribution is 6.31. The number of hydrazone groups is 1. The third-order valence-corrected chi connectivity index (χ3v) is 5.97. The highest BCUT2D eigenvalue weighted by atomic mass is 35.5. The third kappa shape index (κ3) is 8.47. The van der Waals surface area contributed by atoms with Crippen LogP contribution >= 0.6 is 23.2 Å². The Morgan fingerprint density at radius 2 is 1.29 bits per heavy atom. The predicted molar refractivity (Wildman–Crippen MR) is 154 cm³/mol. The molecule has 2 amide bonds. The Kier molecular flexibility index (Phi) is 9.99. The van der Waals surface area contributed by atoms with E-state index < -0.39 is 36.1 Å². The van der Waals surface area contributed by atoms with Gasteiger partial charge < -0.3 is 14.8 Å². The first-order valence-electron chi connectivity index (χ1n) is 12.1. The van der Waals surface area contributed by atoms with Gasteiger partial charge in [-0.15, -0.1) is 0 Å². The van der Waals surface area contributed by atoms with Crippen LogP contribution in [-0.2, 0) is 4.79 Å². The Morgan fingerprint density at radius 3 is 1.88 bits per heavy atom. The van der Waals surface area contributed by atoms with E-state index in [1.54, 1.807) is 12.1 Å². The average molecular weight is 608 g/mol. The maximum Gasteiger partial charge on any atom is 0.343 e. The minimum absolute atomic E-state index is 0.0287. The van der Waals surface area contributed by atoms with E-state index in [-0.39, 0.29) is 33.8 Å². The molecule has 4 aromatic rings. The number of ether oxygens (including phenoxy) is 2. The molecule has 0 saturated carbocycles. The number of benzene rings is 4. The van der Waals surface area contributed by atoms with Crippen molar-refractivity contribution in [3.05, 3.63) is 129 Å². The van der Waals surface area contributed by atoms with Crippen LogP contribution in [-0.4, -0.2) is 36.5 Å². The van der Waals surface area contributed by atoms with E-state index >= 15 is 0 Å². The number of hydrogen-bond acceptors (Lipinski definition) is 7. The summed E-state index contributed by atoms with van der Waals surface area (Å²) >= 11 is 11.8. The molecule has 0 saturated heterocycles. The Hall–Kier alpha value is -5.06. The van der Waals surface area contributed by atoms with Gasteiger partial charge in [0.05, 0.1) is 23.9 Å². The standard InChI is InChI=1S/C30H20Cl2FN3O6/c31-22-8-1-19(2-9-22)29(39)41-25-14-7-21(26(15-25)42-30(40)20-3-10-23(32)11-4-20)16-35-36-27(37)17-34-28(38)18-5-12-24(33)13-6-18/h1-16H,17H2,(H,34,38)(H,36,37)/b35-16-. The van der Waals surface area contributed by atoms with Crippen LogP contribution in [0.25, 0.3) is 0 Å². The van der Waals surface area contributed by atoms with Crippen LogP contribution in [0.5, 0.6) is 11.5 Å². The second-order valence-electron chi connectivity index (χ2n) is 8.48. The van der Waals surface area contributed by atoms with Crippen molar-refractivity contribution in [2.75, 3.05) is 6.54 Å². The van der Waals surface area contributed by atoms with E-state index in [0.717, 1.165) is 12.1 Å². The highest BCUT2D eigenvalue weighted by Gasteiger charge is 2.15. The number of hydrogen-bond donors (Lipinski definition) is 2. The van der Waals surface area contributed by atoms with Crippen LogP contribution in [0.1, 0.15) is 36.6 Å². The molecule has 4 rings (SSSR count). The number of rotatable bonds is 9. The van der Waals surface area contributed by atoms with E-state index in [1.165, 1.54) is 72.9 Å². The van der Waals surface area contributed by atoms with Crippen molar-refractivity contribution in [3.63, 3.8) is 0 Å². The molecule has 0 aromatic heterocycles. The zero-order valence-corrected chi connectivity index (χ0v) is 23.0. The fourth-order valence-electron chi connectivity index (χ4n) is 3.35. The molecule has 4 aromatic carbocycles. The summed E-state index contributed by atoms with van der Waals surface area (Å²) in [7, 11) is 0. The normalized spacial score (nSPS) is 10.6. The van der Waals surface area contributed by atoms with Crippen molar-refractivity contribution < 1.29 is 33.0 Å². The van der Waals surface area contributed by atoms with Crippen molar-refractivity contribution >= 4 is 53.2 Å². The lowest BCUT2D eigenvalue weighted by atomic mass is 10.2. The van der Waals surface area contributed by atoms with Gasteiger partial charge in [-0.05, 0) is 84.9 Å². The molecule has 42 heavy (non-hydrogen) atoms. The van der Waals surface area contributed by atoms with Crippen LogP contribution in [0.4, 0.5) is 4.39 Å². The summed E-state index contributed by atoms with van der Waals surface area (Å²) in [5.41, 5.74) is 3.12. The van der Waals surface area contributed by atoms with Gasteiger partial charge in [0.25, 0.3) is 11.8 Å². The Labute approximate surface area is 248 Å². The number of halogens is 3.